The number of carbonyl (C=O) groups is 2. The molecule has 0 bridgehead atoms. The van der Waals surface area contributed by atoms with Crippen LogP contribution >= 0.6 is 11.3 Å². The third-order valence-electron chi connectivity index (χ3n) is 5.54. The van der Waals surface area contributed by atoms with Crippen LogP contribution in [0.5, 0.6) is 5.75 Å². The summed E-state index contributed by atoms with van der Waals surface area (Å²) < 4.78 is 5.70. The van der Waals surface area contributed by atoms with E-state index in [0.29, 0.717) is 22.8 Å². The molecule has 0 saturated heterocycles. The minimum atomic E-state index is -0.374. The summed E-state index contributed by atoms with van der Waals surface area (Å²) in [5.74, 6) is 0.206. The van der Waals surface area contributed by atoms with Gasteiger partial charge in [0.2, 0.25) is 5.01 Å². The van der Waals surface area contributed by atoms with E-state index in [9.17, 15) is 9.59 Å². The Bertz CT molecular complexity index is 1170. The lowest BCUT2D eigenvalue weighted by molar-refractivity contribution is 0.0952. The molecule has 0 unspecified atom stereocenters. The molecule has 0 spiro atoms. The summed E-state index contributed by atoms with van der Waals surface area (Å²) in [5.41, 5.74) is 3.61. The van der Waals surface area contributed by atoms with Crippen molar-refractivity contribution < 1.29 is 14.3 Å². The number of anilines is 1. The van der Waals surface area contributed by atoms with Crippen molar-refractivity contribution in [2.24, 2.45) is 0 Å². The monoisotopic (exact) mass is 476 g/mol. The number of hydrogen-bond donors (Lipinski definition) is 2. The van der Waals surface area contributed by atoms with Gasteiger partial charge in [-0.25, -0.2) is 0 Å². The minimum Gasteiger partial charge on any atom is -0.486 e. The largest absolute Gasteiger partial charge is 0.486 e. The lowest BCUT2D eigenvalue weighted by atomic mass is 9.97. The number of nitrogens with one attached hydrogen (secondary N) is 2. The molecule has 1 aromatic heterocycles. The predicted octanol–water partition coefficient (Wildman–Crippen LogP) is 5.30. The highest BCUT2D eigenvalue weighted by Crippen LogP contribution is 2.20. The van der Waals surface area contributed by atoms with Crippen LogP contribution in [0.3, 0.4) is 0 Å². The number of aromatic nitrogens is 2. The Morgan fingerprint density at radius 2 is 1.91 bits per heavy atom. The number of benzene rings is 2. The molecule has 176 valence electrons. The van der Waals surface area contributed by atoms with Crippen LogP contribution in [-0.4, -0.2) is 28.6 Å². The summed E-state index contributed by atoms with van der Waals surface area (Å²) in [5, 5.41) is 14.6. The first-order valence-electron chi connectivity index (χ1n) is 11.5. The maximum Gasteiger partial charge on any atom is 0.286 e. The van der Waals surface area contributed by atoms with Gasteiger partial charge in [-0.1, -0.05) is 46.7 Å². The second kappa shape index (κ2) is 11.6. The van der Waals surface area contributed by atoms with Crippen LogP contribution in [0.2, 0.25) is 0 Å². The Labute approximate surface area is 203 Å². The van der Waals surface area contributed by atoms with Gasteiger partial charge in [0, 0.05) is 17.8 Å². The molecular weight excluding hydrogens is 448 g/mol. The summed E-state index contributed by atoms with van der Waals surface area (Å²) >= 11 is 1.17. The number of nitrogens with zero attached hydrogens (tertiary/aromatic N) is 2. The van der Waals surface area contributed by atoms with E-state index in [1.165, 1.54) is 29.8 Å². The highest BCUT2D eigenvalue weighted by atomic mass is 32.1. The van der Waals surface area contributed by atoms with Crippen molar-refractivity contribution in [1.82, 2.24) is 15.5 Å². The van der Waals surface area contributed by atoms with Crippen LogP contribution < -0.4 is 15.4 Å². The van der Waals surface area contributed by atoms with E-state index in [-0.39, 0.29) is 23.4 Å². The Kier molecular flexibility index (Phi) is 8.04. The fourth-order valence-electron chi connectivity index (χ4n) is 3.68. The first-order valence-corrected chi connectivity index (χ1v) is 12.3. The smallest absolute Gasteiger partial charge is 0.286 e. The van der Waals surface area contributed by atoms with E-state index in [1.54, 1.807) is 24.3 Å². The lowest BCUT2D eigenvalue weighted by Crippen LogP contribution is -2.25. The van der Waals surface area contributed by atoms with Crippen LogP contribution in [0.15, 0.2) is 60.2 Å². The molecule has 1 aliphatic rings. The van der Waals surface area contributed by atoms with Crippen molar-refractivity contribution in [2.75, 3.05) is 11.9 Å². The SMILES string of the molecule is Cc1ccc(OCc2nnc(C(=O)Nc3cccc(C(=O)NCCC4=CCCCC4)c3)s2)cc1. The third-order valence-corrected chi connectivity index (χ3v) is 6.44. The van der Waals surface area contributed by atoms with Gasteiger partial charge in [0.25, 0.3) is 11.8 Å². The molecule has 0 atom stereocenters. The molecule has 7 nitrogen and oxygen atoms in total. The van der Waals surface area contributed by atoms with Gasteiger partial charge in [0.05, 0.1) is 0 Å². The minimum absolute atomic E-state index is 0.154. The van der Waals surface area contributed by atoms with Crippen molar-refractivity contribution in [3.63, 3.8) is 0 Å². The standard InChI is InChI=1S/C26H28N4O3S/c1-18-10-12-22(13-11-18)33-17-23-29-30-26(34-23)25(32)28-21-9-5-8-20(16-21)24(31)27-15-14-19-6-3-2-4-7-19/h5-6,8-13,16H,2-4,7,14-15,17H2,1H3,(H,27,31)(H,28,32). The maximum atomic E-state index is 12.6. The molecule has 3 aromatic rings. The number of allylic oxidation sites excluding steroid dienone is 1. The molecule has 2 aromatic carbocycles. The molecule has 1 aliphatic carbocycles. The van der Waals surface area contributed by atoms with Gasteiger partial charge in [0.1, 0.15) is 12.4 Å². The highest BCUT2D eigenvalue weighted by molar-refractivity contribution is 7.13. The Hall–Kier alpha value is -3.52. The fourth-order valence-corrected chi connectivity index (χ4v) is 4.32. The first kappa shape index (κ1) is 23.6. The zero-order valence-electron chi connectivity index (χ0n) is 19.2. The van der Waals surface area contributed by atoms with E-state index >= 15 is 0 Å². The number of aryl methyl sites for hydroxylation is 1. The molecule has 0 aliphatic heterocycles. The van der Waals surface area contributed by atoms with Gasteiger partial charge in [0.15, 0.2) is 5.01 Å². The van der Waals surface area contributed by atoms with E-state index in [2.05, 4.69) is 26.9 Å². The fraction of sp³-hybridized carbons (Fsp3) is 0.308. The zero-order valence-corrected chi connectivity index (χ0v) is 20.0. The summed E-state index contributed by atoms with van der Waals surface area (Å²) in [6.45, 7) is 2.86. The topological polar surface area (TPSA) is 93.2 Å². The van der Waals surface area contributed by atoms with E-state index in [1.807, 2.05) is 31.2 Å². The quantitative estimate of drug-likeness (QED) is 0.409. The molecular formula is C26H28N4O3S. The molecule has 34 heavy (non-hydrogen) atoms. The van der Waals surface area contributed by atoms with Gasteiger partial charge in [-0.05, 0) is 69.4 Å². The average molecular weight is 477 g/mol. The molecule has 0 fully saturated rings. The third kappa shape index (κ3) is 6.74. The second-order valence-corrected chi connectivity index (χ2v) is 9.31. The van der Waals surface area contributed by atoms with Crippen LogP contribution in [0, 0.1) is 6.92 Å². The van der Waals surface area contributed by atoms with Gasteiger partial charge < -0.3 is 15.4 Å². The first-order chi connectivity index (χ1) is 16.6. The number of ether oxygens (including phenoxy) is 1. The van der Waals surface area contributed by atoms with E-state index in [0.717, 1.165) is 30.6 Å². The Morgan fingerprint density at radius 3 is 2.71 bits per heavy atom. The summed E-state index contributed by atoms with van der Waals surface area (Å²) in [6, 6.07) is 14.6. The molecule has 2 amide bonds. The number of hydrogen-bond acceptors (Lipinski definition) is 6. The van der Waals surface area contributed by atoms with Crippen molar-refractivity contribution in [3.8, 4) is 5.75 Å². The van der Waals surface area contributed by atoms with Crippen LogP contribution in [0.4, 0.5) is 5.69 Å². The second-order valence-electron chi connectivity index (χ2n) is 8.25. The van der Waals surface area contributed by atoms with Gasteiger partial charge in [-0.15, -0.1) is 10.2 Å². The number of amides is 2. The van der Waals surface area contributed by atoms with Crippen LogP contribution in [0.25, 0.3) is 0 Å². The van der Waals surface area contributed by atoms with E-state index in [4.69, 9.17) is 4.74 Å². The molecule has 4 rings (SSSR count). The van der Waals surface area contributed by atoms with Crippen molar-refractivity contribution in [2.45, 2.75) is 45.6 Å². The Balaban J connectivity index is 1.28. The predicted molar refractivity (Wildman–Crippen MR) is 133 cm³/mol. The average Bonchev–Trinajstić information content (AvgIpc) is 3.34. The highest BCUT2D eigenvalue weighted by Gasteiger charge is 2.15. The van der Waals surface area contributed by atoms with Crippen molar-refractivity contribution >= 4 is 28.8 Å². The van der Waals surface area contributed by atoms with Crippen molar-refractivity contribution in [1.29, 1.82) is 0 Å². The molecule has 8 heteroatoms. The maximum absolute atomic E-state index is 12.6. The molecule has 2 N–H and O–H groups in total. The van der Waals surface area contributed by atoms with Gasteiger partial charge in [-0.2, -0.15) is 0 Å². The number of rotatable bonds is 9. The molecule has 0 radical (unpaired) electrons. The summed E-state index contributed by atoms with van der Waals surface area (Å²) in [7, 11) is 0. The molecule has 0 saturated carbocycles. The normalized spacial score (nSPS) is 13.1. The van der Waals surface area contributed by atoms with Crippen LogP contribution in [-0.2, 0) is 6.61 Å². The van der Waals surface area contributed by atoms with Gasteiger partial charge >= 0.3 is 0 Å². The lowest BCUT2D eigenvalue weighted by Gasteiger charge is -2.13. The van der Waals surface area contributed by atoms with Crippen molar-refractivity contribution in [3.05, 3.63) is 81.3 Å². The van der Waals surface area contributed by atoms with E-state index < -0.39 is 0 Å². The molecule has 1 heterocycles. The zero-order chi connectivity index (χ0) is 23.8. The Morgan fingerprint density at radius 1 is 1.06 bits per heavy atom. The summed E-state index contributed by atoms with van der Waals surface area (Å²) in [4.78, 5) is 25.1. The van der Waals surface area contributed by atoms with Crippen LogP contribution in [0.1, 0.15) is 62.8 Å². The van der Waals surface area contributed by atoms with Gasteiger partial charge in [-0.3, -0.25) is 9.59 Å². The number of carbonyl (C=O) groups excluding carboxylic acids is 2. The summed E-state index contributed by atoms with van der Waals surface area (Å²) in [6.07, 6.45) is 7.93.